The second-order valence-electron chi connectivity index (χ2n) is 6.95. The molecule has 2 fully saturated rings. The molecule has 24 heavy (non-hydrogen) atoms. The third-order valence-electron chi connectivity index (χ3n) is 4.88. The third kappa shape index (κ3) is 3.99. The van der Waals surface area contributed by atoms with Gasteiger partial charge < -0.3 is 14.6 Å². The minimum atomic E-state index is -1.01. The Morgan fingerprint density at radius 3 is 2.42 bits per heavy atom. The molecule has 0 spiro atoms. The van der Waals surface area contributed by atoms with Crippen molar-refractivity contribution in [2.45, 2.75) is 77.7 Å². The van der Waals surface area contributed by atoms with Crippen LogP contribution in [0.3, 0.4) is 0 Å². The number of esters is 1. The Morgan fingerprint density at radius 2 is 1.83 bits per heavy atom. The molecular weight excluding hydrogens is 314 g/mol. The number of carbonyl (C=O) groups is 3. The zero-order valence-corrected chi connectivity index (χ0v) is 14.6. The average molecular weight is 341 g/mol. The quantitative estimate of drug-likeness (QED) is 0.610. The summed E-state index contributed by atoms with van der Waals surface area (Å²) in [5.74, 6) is -1.46. The molecule has 7 heteroatoms. The lowest BCUT2D eigenvalue weighted by atomic mass is 9.85. The molecule has 1 heterocycles. The Labute approximate surface area is 142 Å². The second kappa shape index (κ2) is 7.85. The first-order valence-corrected chi connectivity index (χ1v) is 8.76. The maximum Gasteiger partial charge on any atom is 0.413 e. The topological polar surface area (TPSA) is 93.1 Å². The van der Waals surface area contributed by atoms with Crippen LogP contribution in [0.5, 0.6) is 0 Å². The van der Waals surface area contributed by atoms with Crippen molar-refractivity contribution in [2.75, 3.05) is 0 Å². The smallest absolute Gasteiger partial charge is 0.413 e. The number of fused-ring (bicyclic) bond motifs is 1. The van der Waals surface area contributed by atoms with Gasteiger partial charge in [0.1, 0.15) is 6.04 Å². The van der Waals surface area contributed by atoms with Crippen LogP contribution in [0.4, 0.5) is 4.79 Å². The molecule has 2 rings (SSSR count). The van der Waals surface area contributed by atoms with E-state index < -0.39 is 30.4 Å². The van der Waals surface area contributed by atoms with Crippen LogP contribution in [0.1, 0.15) is 59.3 Å². The molecule has 1 N–H and O–H groups in total. The number of aliphatic carboxylic acids is 1. The lowest BCUT2D eigenvalue weighted by Crippen LogP contribution is -2.48. The SMILES string of the molecule is CCC(=O)O[C@@H](OC(=O)N1[C@H](C(=O)O)C[C@@H]2CCCC[C@@H]21)C(C)C. The summed E-state index contributed by atoms with van der Waals surface area (Å²) in [7, 11) is 0. The Morgan fingerprint density at radius 1 is 1.17 bits per heavy atom. The number of rotatable bonds is 5. The summed E-state index contributed by atoms with van der Waals surface area (Å²) in [6.45, 7) is 5.22. The monoisotopic (exact) mass is 341 g/mol. The molecule has 0 aromatic carbocycles. The molecule has 1 aliphatic heterocycles. The van der Waals surface area contributed by atoms with E-state index in [1.165, 1.54) is 4.90 Å². The summed E-state index contributed by atoms with van der Waals surface area (Å²) < 4.78 is 10.5. The largest absolute Gasteiger partial charge is 0.480 e. The van der Waals surface area contributed by atoms with Crippen LogP contribution in [-0.2, 0) is 19.1 Å². The number of carbonyl (C=O) groups excluding carboxylic acids is 2. The summed E-state index contributed by atoms with van der Waals surface area (Å²) in [4.78, 5) is 37.1. The zero-order valence-electron chi connectivity index (χ0n) is 14.6. The molecule has 0 aromatic heterocycles. The Hall–Kier alpha value is -1.79. The Bertz CT molecular complexity index is 491. The normalized spacial score (nSPS) is 27.5. The van der Waals surface area contributed by atoms with Crippen LogP contribution in [0, 0.1) is 11.8 Å². The number of nitrogens with zero attached hydrogens (tertiary/aromatic N) is 1. The fourth-order valence-corrected chi connectivity index (χ4v) is 3.61. The zero-order chi connectivity index (χ0) is 17.9. The van der Waals surface area contributed by atoms with Crippen LogP contribution < -0.4 is 0 Å². The third-order valence-corrected chi connectivity index (χ3v) is 4.88. The van der Waals surface area contributed by atoms with Crippen molar-refractivity contribution < 1.29 is 29.0 Å². The van der Waals surface area contributed by atoms with Crippen LogP contribution in [0.25, 0.3) is 0 Å². The van der Waals surface area contributed by atoms with E-state index in [1.807, 2.05) is 0 Å². The molecule has 1 saturated heterocycles. The van der Waals surface area contributed by atoms with Gasteiger partial charge in [0.05, 0.1) is 0 Å². The molecule has 0 radical (unpaired) electrons. The highest BCUT2D eigenvalue weighted by molar-refractivity contribution is 5.81. The molecule has 1 saturated carbocycles. The Balaban J connectivity index is 2.12. The summed E-state index contributed by atoms with van der Waals surface area (Å²) in [6, 6.07) is -0.956. The van der Waals surface area contributed by atoms with Crippen molar-refractivity contribution in [1.29, 1.82) is 0 Å². The minimum absolute atomic E-state index is 0.0953. The predicted molar refractivity (Wildman–Crippen MR) is 85.1 cm³/mol. The molecule has 4 atom stereocenters. The first-order valence-electron chi connectivity index (χ1n) is 8.76. The van der Waals surface area contributed by atoms with Gasteiger partial charge in [-0.15, -0.1) is 0 Å². The van der Waals surface area contributed by atoms with E-state index in [0.717, 1.165) is 25.7 Å². The van der Waals surface area contributed by atoms with Crippen molar-refractivity contribution in [2.24, 2.45) is 11.8 Å². The molecule has 0 bridgehead atoms. The maximum absolute atomic E-state index is 12.6. The van der Waals surface area contributed by atoms with Gasteiger partial charge in [-0.1, -0.05) is 33.6 Å². The van der Waals surface area contributed by atoms with E-state index in [4.69, 9.17) is 9.47 Å². The molecule has 0 aromatic rings. The lowest BCUT2D eigenvalue weighted by Gasteiger charge is -2.33. The van der Waals surface area contributed by atoms with Crippen molar-refractivity contribution in [3.8, 4) is 0 Å². The number of amides is 1. The molecule has 0 unspecified atom stereocenters. The number of hydrogen-bond donors (Lipinski definition) is 1. The Kier molecular flexibility index (Phi) is 6.07. The molecular formula is C17H27NO6. The standard InChI is InChI=1S/C17H27NO6/c1-4-14(19)23-16(10(2)3)24-17(22)18-12-8-6-5-7-11(12)9-13(18)15(20)21/h10-13,16H,4-9H2,1-3H3,(H,20,21)/t11-,12-,13-,16-/m0/s1. The van der Waals surface area contributed by atoms with Crippen LogP contribution in [0.2, 0.25) is 0 Å². The van der Waals surface area contributed by atoms with Crippen LogP contribution in [-0.4, -0.2) is 46.4 Å². The average Bonchev–Trinajstić information content (AvgIpc) is 2.93. The van der Waals surface area contributed by atoms with Gasteiger partial charge in [-0.3, -0.25) is 9.69 Å². The predicted octanol–water partition coefficient (Wildman–Crippen LogP) is 2.78. The first kappa shape index (κ1) is 18.5. The maximum atomic E-state index is 12.6. The second-order valence-corrected chi connectivity index (χ2v) is 6.95. The van der Waals surface area contributed by atoms with Crippen molar-refractivity contribution in [3.63, 3.8) is 0 Å². The van der Waals surface area contributed by atoms with Gasteiger partial charge in [0.2, 0.25) is 0 Å². The number of hydrogen-bond acceptors (Lipinski definition) is 5. The highest BCUT2D eigenvalue weighted by Crippen LogP contribution is 2.40. The van der Waals surface area contributed by atoms with Gasteiger partial charge in [0.25, 0.3) is 6.29 Å². The van der Waals surface area contributed by atoms with Gasteiger partial charge in [-0.25, -0.2) is 9.59 Å². The lowest BCUT2D eigenvalue weighted by molar-refractivity contribution is -0.177. The van der Waals surface area contributed by atoms with Gasteiger partial charge in [0.15, 0.2) is 0 Å². The highest BCUT2D eigenvalue weighted by Gasteiger charge is 2.49. The van der Waals surface area contributed by atoms with Gasteiger partial charge in [-0.05, 0) is 25.2 Å². The van der Waals surface area contributed by atoms with Gasteiger partial charge >= 0.3 is 18.0 Å². The van der Waals surface area contributed by atoms with E-state index in [0.29, 0.717) is 6.42 Å². The molecule has 2 aliphatic rings. The summed E-state index contributed by atoms with van der Waals surface area (Å²) in [5, 5.41) is 9.47. The van der Waals surface area contributed by atoms with E-state index in [1.54, 1.807) is 20.8 Å². The summed E-state index contributed by atoms with van der Waals surface area (Å²) in [5.41, 5.74) is 0. The molecule has 136 valence electrons. The van der Waals surface area contributed by atoms with E-state index in [2.05, 4.69) is 0 Å². The van der Waals surface area contributed by atoms with Crippen molar-refractivity contribution >= 4 is 18.0 Å². The van der Waals surface area contributed by atoms with Crippen molar-refractivity contribution in [3.05, 3.63) is 0 Å². The molecule has 1 aliphatic carbocycles. The summed E-state index contributed by atoms with van der Waals surface area (Å²) in [6.07, 6.45) is 2.75. The highest BCUT2D eigenvalue weighted by atomic mass is 16.7. The number of likely N-dealkylation sites (tertiary alicyclic amines) is 1. The van der Waals surface area contributed by atoms with E-state index in [-0.39, 0.29) is 24.3 Å². The summed E-state index contributed by atoms with van der Waals surface area (Å²) >= 11 is 0. The fourth-order valence-electron chi connectivity index (χ4n) is 3.61. The first-order chi connectivity index (χ1) is 11.3. The van der Waals surface area contributed by atoms with E-state index in [9.17, 15) is 19.5 Å². The fraction of sp³-hybridized carbons (Fsp3) is 0.824. The van der Waals surface area contributed by atoms with Crippen LogP contribution >= 0.6 is 0 Å². The van der Waals surface area contributed by atoms with E-state index >= 15 is 0 Å². The molecule has 1 amide bonds. The number of carboxylic acid groups (broad SMARTS) is 1. The number of ether oxygens (including phenoxy) is 2. The van der Waals surface area contributed by atoms with Gasteiger partial charge in [-0.2, -0.15) is 0 Å². The molecule has 7 nitrogen and oxygen atoms in total. The minimum Gasteiger partial charge on any atom is -0.480 e. The van der Waals surface area contributed by atoms with Crippen molar-refractivity contribution in [1.82, 2.24) is 4.90 Å². The van der Waals surface area contributed by atoms with Crippen LogP contribution in [0.15, 0.2) is 0 Å². The van der Waals surface area contributed by atoms with Gasteiger partial charge in [0, 0.05) is 18.4 Å². The number of carboxylic acids is 1.